The van der Waals surface area contributed by atoms with Crippen LogP contribution in [0.4, 0.5) is 0 Å². The third-order valence-corrected chi connectivity index (χ3v) is 4.15. The third kappa shape index (κ3) is 2.81. The fourth-order valence-electron chi connectivity index (χ4n) is 2.93. The molecule has 4 heteroatoms. The van der Waals surface area contributed by atoms with Crippen LogP contribution in [-0.2, 0) is 13.0 Å². The molecule has 3 nitrogen and oxygen atoms in total. The fourth-order valence-corrected chi connectivity index (χ4v) is 3.16. The molecule has 2 N–H and O–H groups in total. The highest BCUT2D eigenvalue weighted by Gasteiger charge is 2.24. The van der Waals surface area contributed by atoms with Gasteiger partial charge >= 0.3 is 0 Å². The van der Waals surface area contributed by atoms with E-state index in [9.17, 15) is 4.79 Å². The van der Waals surface area contributed by atoms with Crippen molar-refractivity contribution in [1.82, 2.24) is 4.57 Å². The highest BCUT2D eigenvalue weighted by atomic mass is 35.5. The van der Waals surface area contributed by atoms with E-state index in [1.165, 1.54) is 0 Å². The second-order valence-corrected chi connectivity index (χ2v) is 5.68. The second-order valence-electron chi connectivity index (χ2n) is 5.28. The summed E-state index contributed by atoms with van der Waals surface area (Å²) in [4.78, 5) is 12.0. The van der Waals surface area contributed by atoms with Crippen LogP contribution in [0.15, 0.2) is 36.9 Å². The summed E-state index contributed by atoms with van der Waals surface area (Å²) in [6, 6.07) is 7.56. The van der Waals surface area contributed by atoms with Crippen molar-refractivity contribution >= 4 is 17.5 Å². The SMILES string of the molecule is C=CCn1c(C)c(C(N)=O)c(-c2ccccc2Cl)c1CCC. The summed E-state index contributed by atoms with van der Waals surface area (Å²) in [6.07, 6.45) is 3.64. The molecule has 1 aromatic carbocycles. The molecular formula is C18H21ClN2O. The molecule has 0 atom stereocenters. The first kappa shape index (κ1) is 16.4. The quantitative estimate of drug-likeness (QED) is 0.791. The van der Waals surface area contributed by atoms with Crippen LogP contribution in [0, 0.1) is 6.92 Å². The van der Waals surface area contributed by atoms with Gasteiger partial charge in [0.05, 0.1) is 5.56 Å². The monoisotopic (exact) mass is 316 g/mol. The van der Waals surface area contributed by atoms with Gasteiger partial charge in [0.2, 0.25) is 0 Å². The van der Waals surface area contributed by atoms with Gasteiger partial charge in [0, 0.05) is 34.1 Å². The Labute approximate surface area is 136 Å². The Morgan fingerprint density at radius 1 is 1.41 bits per heavy atom. The molecule has 0 aliphatic heterocycles. The van der Waals surface area contributed by atoms with E-state index in [0.717, 1.165) is 35.4 Å². The second kappa shape index (κ2) is 6.84. The van der Waals surface area contributed by atoms with Crippen LogP contribution in [0.1, 0.15) is 35.1 Å². The number of primary amides is 1. The highest BCUT2D eigenvalue weighted by molar-refractivity contribution is 6.33. The van der Waals surface area contributed by atoms with Crippen molar-refractivity contribution in [2.45, 2.75) is 33.2 Å². The number of allylic oxidation sites excluding steroid dienone is 1. The molecule has 0 saturated heterocycles. The van der Waals surface area contributed by atoms with Gasteiger partial charge in [-0.05, 0) is 19.4 Å². The summed E-state index contributed by atoms with van der Waals surface area (Å²) in [6.45, 7) is 8.49. The van der Waals surface area contributed by atoms with E-state index in [1.54, 1.807) is 0 Å². The minimum Gasteiger partial charge on any atom is -0.366 e. The molecule has 0 radical (unpaired) electrons. The molecule has 116 valence electrons. The average molecular weight is 317 g/mol. The number of benzene rings is 1. The lowest BCUT2D eigenvalue weighted by atomic mass is 9.98. The Hall–Kier alpha value is -2.00. The summed E-state index contributed by atoms with van der Waals surface area (Å²) in [5.41, 5.74) is 9.88. The minimum atomic E-state index is -0.424. The van der Waals surface area contributed by atoms with Crippen LogP contribution in [0.3, 0.4) is 0 Å². The molecule has 0 spiro atoms. The number of carbonyl (C=O) groups is 1. The van der Waals surface area contributed by atoms with Crippen molar-refractivity contribution in [2.24, 2.45) is 5.73 Å². The first-order valence-electron chi connectivity index (χ1n) is 7.40. The predicted octanol–water partition coefficient (Wildman–Crippen LogP) is 4.35. The van der Waals surface area contributed by atoms with Gasteiger partial charge in [-0.3, -0.25) is 4.79 Å². The maximum Gasteiger partial charge on any atom is 0.251 e. The molecule has 1 heterocycles. The molecule has 0 unspecified atom stereocenters. The van der Waals surface area contributed by atoms with Crippen molar-refractivity contribution in [2.75, 3.05) is 0 Å². The lowest BCUT2D eigenvalue weighted by molar-refractivity contribution is 0.1000. The summed E-state index contributed by atoms with van der Waals surface area (Å²) in [7, 11) is 0. The van der Waals surface area contributed by atoms with Crippen molar-refractivity contribution in [3.05, 3.63) is 58.9 Å². The first-order chi connectivity index (χ1) is 10.5. The zero-order valence-corrected chi connectivity index (χ0v) is 13.8. The smallest absolute Gasteiger partial charge is 0.251 e. The van der Waals surface area contributed by atoms with E-state index in [2.05, 4.69) is 18.1 Å². The number of nitrogens with two attached hydrogens (primary N) is 1. The maximum absolute atomic E-state index is 12.0. The highest BCUT2D eigenvalue weighted by Crippen LogP contribution is 2.37. The van der Waals surface area contributed by atoms with Gasteiger partial charge in [-0.25, -0.2) is 0 Å². The van der Waals surface area contributed by atoms with Crippen LogP contribution in [0.5, 0.6) is 0 Å². The van der Waals surface area contributed by atoms with Crippen molar-refractivity contribution < 1.29 is 4.79 Å². The van der Waals surface area contributed by atoms with E-state index in [0.29, 0.717) is 17.1 Å². The van der Waals surface area contributed by atoms with Gasteiger partial charge in [-0.2, -0.15) is 0 Å². The number of halogens is 1. The Kier molecular flexibility index (Phi) is 5.09. The number of carbonyl (C=O) groups excluding carboxylic acids is 1. The molecule has 2 aromatic rings. The summed E-state index contributed by atoms with van der Waals surface area (Å²) in [5.74, 6) is -0.424. The molecule has 0 bridgehead atoms. The largest absolute Gasteiger partial charge is 0.366 e. The fraction of sp³-hybridized carbons (Fsp3) is 0.278. The molecule has 1 aromatic heterocycles. The number of nitrogens with zero attached hydrogens (tertiary/aromatic N) is 1. The number of aromatic nitrogens is 1. The van der Waals surface area contributed by atoms with Gasteiger partial charge in [0.1, 0.15) is 0 Å². The van der Waals surface area contributed by atoms with Gasteiger partial charge in [-0.15, -0.1) is 6.58 Å². The van der Waals surface area contributed by atoms with Crippen LogP contribution >= 0.6 is 11.6 Å². The van der Waals surface area contributed by atoms with Crippen LogP contribution in [-0.4, -0.2) is 10.5 Å². The van der Waals surface area contributed by atoms with E-state index in [4.69, 9.17) is 17.3 Å². The normalized spacial score (nSPS) is 10.7. The zero-order valence-electron chi connectivity index (χ0n) is 13.0. The zero-order chi connectivity index (χ0) is 16.3. The van der Waals surface area contributed by atoms with Crippen molar-refractivity contribution in [3.63, 3.8) is 0 Å². The average Bonchev–Trinajstić information content (AvgIpc) is 2.74. The Morgan fingerprint density at radius 2 is 2.09 bits per heavy atom. The maximum atomic E-state index is 12.0. The topological polar surface area (TPSA) is 48.0 Å². The Morgan fingerprint density at radius 3 is 2.64 bits per heavy atom. The van der Waals surface area contributed by atoms with Crippen molar-refractivity contribution in [1.29, 1.82) is 0 Å². The molecule has 0 saturated carbocycles. The van der Waals surface area contributed by atoms with Gasteiger partial charge in [0.25, 0.3) is 5.91 Å². The lowest BCUT2D eigenvalue weighted by Crippen LogP contribution is -2.13. The minimum absolute atomic E-state index is 0.424. The van der Waals surface area contributed by atoms with Gasteiger partial charge < -0.3 is 10.3 Å². The first-order valence-corrected chi connectivity index (χ1v) is 7.78. The summed E-state index contributed by atoms with van der Waals surface area (Å²) in [5, 5.41) is 0.623. The molecule has 22 heavy (non-hydrogen) atoms. The van der Waals surface area contributed by atoms with E-state index in [1.807, 2.05) is 37.3 Å². The van der Waals surface area contributed by atoms with Crippen molar-refractivity contribution in [3.8, 4) is 11.1 Å². The molecule has 0 aliphatic carbocycles. The van der Waals surface area contributed by atoms with Gasteiger partial charge in [0.15, 0.2) is 0 Å². The van der Waals surface area contributed by atoms with E-state index in [-0.39, 0.29) is 0 Å². The van der Waals surface area contributed by atoms with Gasteiger partial charge in [-0.1, -0.05) is 49.2 Å². The Balaban J connectivity index is 2.85. The number of rotatable bonds is 6. The van der Waals surface area contributed by atoms with E-state index >= 15 is 0 Å². The molecular weight excluding hydrogens is 296 g/mol. The summed E-state index contributed by atoms with van der Waals surface area (Å²) >= 11 is 6.36. The third-order valence-electron chi connectivity index (χ3n) is 3.82. The molecule has 0 aliphatic rings. The lowest BCUT2D eigenvalue weighted by Gasteiger charge is -2.11. The van der Waals surface area contributed by atoms with E-state index < -0.39 is 5.91 Å². The molecule has 1 amide bonds. The van der Waals surface area contributed by atoms with Crippen LogP contribution in [0.25, 0.3) is 11.1 Å². The molecule has 2 rings (SSSR count). The number of hydrogen-bond acceptors (Lipinski definition) is 1. The summed E-state index contributed by atoms with van der Waals surface area (Å²) < 4.78 is 2.11. The number of amides is 1. The standard InChI is InChI=1S/C18H21ClN2O/c1-4-8-15-17(13-9-6-7-10-14(13)19)16(18(20)22)12(3)21(15)11-5-2/h5-7,9-10H,2,4,8,11H2,1,3H3,(H2,20,22). The van der Waals surface area contributed by atoms with Crippen LogP contribution in [0.2, 0.25) is 5.02 Å². The Bertz CT molecular complexity index is 716. The molecule has 0 fully saturated rings. The van der Waals surface area contributed by atoms with Crippen LogP contribution < -0.4 is 5.73 Å². The predicted molar refractivity (Wildman–Crippen MR) is 92.3 cm³/mol. The number of hydrogen-bond donors (Lipinski definition) is 1.